The lowest BCUT2D eigenvalue weighted by molar-refractivity contribution is 0.0927. The van der Waals surface area contributed by atoms with Gasteiger partial charge >= 0.3 is 0 Å². The molecule has 0 aromatic carbocycles. The van der Waals surface area contributed by atoms with Gasteiger partial charge in [-0.25, -0.2) is 0 Å². The van der Waals surface area contributed by atoms with E-state index in [9.17, 15) is 4.79 Å². The number of pyridine rings is 1. The highest BCUT2D eigenvalue weighted by Gasteiger charge is 2.42. The Morgan fingerprint density at radius 2 is 1.95 bits per heavy atom. The maximum atomic E-state index is 12.4. The maximum Gasteiger partial charge on any atom is 0.255 e. The maximum absolute atomic E-state index is 12.4. The summed E-state index contributed by atoms with van der Waals surface area (Å²) in [5.41, 5.74) is 2.43. The molecule has 19 heavy (non-hydrogen) atoms. The lowest BCUT2D eigenvalue weighted by atomic mass is 10.1. The molecule has 2 fully saturated rings. The smallest absolute Gasteiger partial charge is 0.255 e. The first kappa shape index (κ1) is 12.5. The Kier molecular flexibility index (Phi) is 3.17. The van der Waals surface area contributed by atoms with Crippen molar-refractivity contribution in [3.63, 3.8) is 0 Å². The van der Waals surface area contributed by atoms with E-state index in [0.717, 1.165) is 11.4 Å². The quantitative estimate of drug-likeness (QED) is 0.853. The summed E-state index contributed by atoms with van der Waals surface area (Å²) in [7, 11) is 1.84. The van der Waals surface area contributed by atoms with Crippen molar-refractivity contribution in [2.45, 2.75) is 38.6 Å². The average molecular weight is 259 g/mol. The van der Waals surface area contributed by atoms with Crippen LogP contribution < -0.4 is 10.6 Å². The Morgan fingerprint density at radius 3 is 2.47 bits per heavy atom. The monoisotopic (exact) mass is 259 g/mol. The number of carbonyl (C=O) groups is 1. The van der Waals surface area contributed by atoms with E-state index in [4.69, 9.17) is 0 Å². The van der Waals surface area contributed by atoms with Gasteiger partial charge in [-0.1, -0.05) is 0 Å². The molecule has 0 saturated heterocycles. The minimum absolute atomic E-state index is 0.0145. The molecule has 2 aliphatic carbocycles. The highest BCUT2D eigenvalue weighted by molar-refractivity contribution is 5.99. The van der Waals surface area contributed by atoms with Crippen LogP contribution in [0.3, 0.4) is 0 Å². The van der Waals surface area contributed by atoms with Gasteiger partial charge in [-0.2, -0.15) is 0 Å². The summed E-state index contributed by atoms with van der Waals surface area (Å²) in [4.78, 5) is 16.7. The molecule has 1 heterocycles. The predicted octanol–water partition coefficient (Wildman–Crippen LogP) is 2.35. The Morgan fingerprint density at radius 1 is 1.32 bits per heavy atom. The van der Waals surface area contributed by atoms with Crippen LogP contribution in [0, 0.1) is 18.8 Å². The highest BCUT2D eigenvalue weighted by Crippen LogP contribution is 2.44. The van der Waals surface area contributed by atoms with Crippen molar-refractivity contribution in [2.24, 2.45) is 11.8 Å². The van der Waals surface area contributed by atoms with E-state index in [-0.39, 0.29) is 5.91 Å². The van der Waals surface area contributed by atoms with Gasteiger partial charge in [0, 0.05) is 25.0 Å². The summed E-state index contributed by atoms with van der Waals surface area (Å²) < 4.78 is 0. The first-order chi connectivity index (χ1) is 9.19. The summed E-state index contributed by atoms with van der Waals surface area (Å²) in [6, 6.07) is 2.30. The molecule has 2 saturated carbocycles. The van der Waals surface area contributed by atoms with Crippen LogP contribution in [0.1, 0.15) is 41.7 Å². The first-order valence-electron chi connectivity index (χ1n) is 7.14. The number of hydrogen-bond donors (Lipinski definition) is 2. The normalized spacial score (nSPS) is 18.5. The number of rotatable bonds is 5. The molecule has 1 aromatic heterocycles. The molecular formula is C15H21N3O. The molecule has 1 aromatic rings. The van der Waals surface area contributed by atoms with Crippen LogP contribution >= 0.6 is 0 Å². The van der Waals surface area contributed by atoms with Crippen molar-refractivity contribution in [3.05, 3.63) is 23.5 Å². The third-order valence-electron chi connectivity index (χ3n) is 4.11. The topological polar surface area (TPSA) is 54.0 Å². The molecule has 2 aliphatic rings. The van der Waals surface area contributed by atoms with E-state index in [2.05, 4.69) is 15.6 Å². The molecule has 4 nitrogen and oxygen atoms in total. The molecule has 0 unspecified atom stereocenters. The lowest BCUT2D eigenvalue weighted by Crippen LogP contribution is -2.38. The number of aryl methyl sites for hydroxylation is 1. The van der Waals surface area contributed by atoms with Crippen LogP contribution in [0.15, 0.2) is 12.3 Å². The van der Waals surface area contributed by atoms with Gasteiger partial charge in [0.1, 0.15) is 0 Å². The molecule has 0 bridgehead atoms. The SMILES string of the molecule is CNc1cc(C)ncc1C(=O)NC(C1CC1)C1CC1. The van der Waals surface area contributed by atoms with Gasteiger partial charge in [0.05, 0.1) is 11.3 Å². The fourth-order valence-corrected chi connectivity index (χ4v) is 2.71. The lowest BCUT2D eigenvalue weighted by Gasteiger charge is -2.18. The fraction of sp³-hybridized carbons (Fsp3) is 0.600. The number of carbonyl (C=O) groups excluding carboxylic acids is 1. The number of hydrogen-bond acceptors (Lipinski definition) is 3. The second kappa shape index (κ2) is 4.83. The van der Waals surface area contributed by atoms with Crippen LogP contribution in [0.2, 0.25) is 0 Å². The predicted molar refractivity (Wildman–Crippen MR) is 75.2 cm³/mol. The molecule has 2 N–H and O–H groups in total. The van der Waals surface area contributed by atoms with Gasteiger partial charge in [0.15, 0.2) is 0 Å². The molecule has 102 valence electrons. The summed E-state index contributed by atoms with van der Waals surface area (Å²) in [6.07, 6.45) is 6.76. The van der Waals surface area contributed by atoms with E-state index >= 15 is 0 Å². The zero-order chi connectivity index (χ0) is 13.4. The summed E-state index contributed by atoms with van der Waals surface area (Å²) in [6.45, 7) is 1.93. The van der Waals surface area contributed by atoms with E-state index in [1.165, 1.54) is 25.7 Å². The molecule has 4 heteroatoms. The standard InChI is InChI=1S/C15H21N3O/c1-9-7-13(16-2)12(8-17-9)15(19)18-14(10-3-4-10)11-5-6-11/h7-8,10-11,14H,3-6H2,1-2H3,(H,16,17)(H,18,19). The second-order valence-corrected chi connectivity index (χ2v) is 5.80. The molecule has 0 atom stereocenters. The van der Waals surface area contributed by atoms with Crippen LogP contribution in [-0.4, -0.2) is 24.0 Å². The molecule has 0 radical (unpaired) electrons. The van der Waals surface area contributed by atoms with Crippen LogP contribution in [-0.2, 0) is 0 Å². The Labute approximate surface area is 114 Å². The minimum Gasteiger partial charge on any atom is -0.387 e. The summed E-state index contributed by atoms with van der Waals surface area (Å²) >= 11 is 0. The third kappa shape index (κ3) is 2.72. The van der Waals surface area contributed by atoms with Gasteiger partial charge < -0.3 is 10.6 Å². The second-order valence-electron chi connectivity index (χ2n) is 5.80. The van der Waals surface area contributed by atoms with Crippen molar-refractivity contribution in [1.82, 2.24) is 10.3 Å². The highest BCUT2D eigenvalue weighted by atomic mass is 16.1. The molecule has 0 spiro atoms. The van der Waals surface area contributed by atoms with E-state index in [1.807, 2.05) is 20.0 Å². The summed E-state index contributed by atoms with van der Waals surface area (Å²) in [5.74, 6) is 1.45. The summed E-state index contributed by atoms with van der Waals surface area (Å²) in [5, 5.41) is 6.31. The van der Waals surface area contributed by atoms with Crippen molar-refractivity contribution in [1.29, 1.82) is 0 Å². The van der Waals surface area contributed by atoms with Crippen molar-refractivity contribution < 1.29 is 4.79 Å². The first-order valence-corrected chi connectivity index (χ1v) is 7.14. The minimum atomic E-state index is 0.0145. The van der Waals surface area contributed by atoms with Crippen LogP contribution in [0.5, 0.6) is 0 Å². The third-order valence-corrected chi connectivity index (χ3v) is 4.11. The molecular weight excluding hydrogens is 238 g/mol. The zero-order valence-corrected chi connectivity index (χ0v) is 11.6. The number of anilines is 1. The van der Waals surface area contributed by atoms with Crippen molar-refractivity contribution in [2.75, 3.05) is 12.4 Å². The Bertz CT molecular complexity index is 480. The van der Waals surface area contributed by atoms with Crippen LogP contribution in [0.25, 0.3) is 0 Å². The number of nitrogens with zero attached hydrogens (tertiary/aromatic N) is 1. The largest absolute Gasteiger partial charge is 0.387 e. The number of amides is 1. The Balaban J connectivity index is 1.75. The Hall–Kier alpha value is -1.58. The molecule has 0 aliphatic heterocycles. The van der Waals surface area contributed by atoms with Gasteiger partial charge in [-0.15, -0.1) is 0 Å². The van der Waals surface area contributed by atoms with Gasteiger partial charge in [0.2, 0.25) is 0 Å². The van der Waals surface area contributed by atoms with Crippen LogP contribution in [0.4, 0.5) is 5.69 Å². The molecule has 3 rings (SSSR count). The van der Waals surface area contributed by atoms with Crippen molar-refractivity contribution in [3.8, 4) is 0 Å². The fourth-order valence-electron chi connectivity index (χ4n) is 2.71. The van der Waals surface area contributed by atoms with E-state index < -0.39 is 0 Å². The van der Waals surface area contributed by atoms with Gasteiger partial charge in [0.25, 0.3) is 5.91 Å². The van der Waals surface area contributed by atoms with E-state index in [0.29, 0.717) is 23.4 Å². The number of aromatic nitrogens is 1. The molecule has 1 amide bonds. The van der Waals surface area contributed by atoms with Gasteiger partial charge in [-0.05, 0) is 50.5 Å². The van der Waals surface area contributed by atoms with Crippen molar-refractivity contribution >= 4 is 11.6 Å². The van der Waals surface area contributed by atoms with E-state index in [1.54, 1.807) is 6.20 Å². The van der Waals surface area contributed by atoms with Gasteiger partial charge in [-0.3, -0.25) is 9.78 Å². The average Bonchev–Trinajstić information content (AvgIpc) is 3.28. The number of nitrogens with one attached hydrogen (secondary N) is 2. The zero-order valence-electron chi connectivity index (χ0n) is 11.6.